The highest BCUT2D eigenvalue weighted by Gasteiger charge is 2.40. The fourth-order valence-corrected chi connectivity index (χ4v) is 5.63. The maximum absolute atomic E-state index is 14.2. The van der Waals surface area contributed by atoms with Crippen molar-refractivity contribution in [3.63, 3.8) is 0 Å². The number of nitrogens with zero attached hydrogens (tertiary/aromatic N) is 4. The van der Waals surface area contributed by atoms with E-state index in [2.05, 4.69) is 23.9 Å². The minimum absolute atomic E-state index is 0.0380. The summed E-state index contributed by atoms with van der Waals surface area (Å²) >= 11 is 0. The number of pyridine rings is 2. The van der Waals surface area contributed by atoms with E-state index in [1.165, 1.54) is 6.07 Å². The fraction of sp³-hybridized carbons (Fsp3) is 0.294. The standard InChI is InChI=1S/C34H33FN4O4/c1-21-15-23(8-9-26(21)35)31-32-25(33(2,3)20-43-32)18-29(38-31)34(41,19-39-14-6-13-37-39)11-10-27(40)24-16-22-7-5-12-36-30(22)28(17-24)42-4/h5-9,12-18,41H,10-11,19-20H2,1-4H3. The summed E-state index contributed by atoms with van der Waals surface area (Å²) in [5.41, 5.74) is 2.20. The van der Waals surface area contributed by atoms with E-state index < -0.39 is 5.60 Å². The third-order valence-electron chi connectivity index (χ3n) is 8.15. The number of aromatic nitrogens is 4. The van der Waals surface area contributed by atoms with E-state index in [1.807, 2.05) is 18.2 Å². The summed E-state index contributed by atoms with van der Waals surface area (Å²) in [6, 6.07) is 15.6. The molecule has 0 amide bonds. The van der Waals surface area contributed by atoms with Crippen LogP contribution in [0.3, 0.4) is 0 Å². The number of aryl methyl sites for hydroxylation is 1. The molecule has 1 atom stereocenters. The first-order chi connectivity index (χ1) is 20.6. The van der Waals surface area contributed by atoms with Crippen molar-refractivity contribution < 1.29 is 23.8 Å². The van der Waals surface area contributed by atoms with Gasteiger partial charge >= 0.3 is 0 Å². The average molecular weight is 581 g/mol. The van der Waals surface area contributed by atoms with Crippen LogP contribution in [0.4, 0.5) is 4.39 Å². The Labute approximate surface area is 249 Å². The van der Waals surface area contributed by atoms with Crippen LogP contribution in [0.2, 0.25) is 0 Å². The van der Waals surface area contributed by atoms with Gasteiger partial charge in [0.2, 0.25) is 0 Å². The van der Waals surface area contributed by atoms with Gasteiger partial charge in [-0.15, -0.1) is 0 Å². The number of methoxy groups -OCH3 is 1. The number of hydrogen-bond donors (Lipinski definition) is 1. The number of aliphatic hydroxyl groups is 1. The van der Waals surface area contributed by atoms with Crippen LogP contribution in [0.15, 0.2) is 73.2 Å². The highest BCUT2D eigenvalue weighted by Crippen LogP contribution is 2.46. The number of hydrogen-bond acceptors (Lipinski definition) is 7. The fourth-order valence-electron chi connectivity index (χ4n) is 5.63. The minimum Gasteiger partial charge on any atom is -0.494 e. The monoisotopic (exact) mass is 580 g/mol. The summed E-state index contributed by atoms with van der Waals surface area (Å²) in [6.07, 6.45) is 5.20. The van der Waals surface area contributed by atoms with Crippen molar-refractivity contribution in [2.45, 2.75) is 51.2 Å². The Kier molecular flexibility index (Phi) is 7.22. The molecule has 6 rings (SSSR count). The molecule has 1 aliphatic heterocycles. The molecule has 43 heavy (non-hydrogen) atoms. The Morgan fingerprint density at radius 1 is 1.16 bits per heavy atom. The number of carbonyl (C=O) groups excluding carboxylic acids is 1. The van der Waals surface area contributed by atoms with Gasteiger partial charge in [0.15, 0.2) is 5.78 Å². The van der Waals surface area contributed by atoms with E-state index in [1.54, 1.807) is 67.6 Å². The zero-order valence-electron chi connectivity index (χ0n) is 24.6. The zero-order chi connectivity index (χ0) is 30.4. The van der Waals surface area contributed by atoms with Gasteiger partial charge in [0.1, 0.15) is 34.1 Å². The molecule has 5 aromatic rings. The number of rotatable bonds is 9. The number of fused-ring (bicyclic) bond motifs is 2. The van der Waals surface area contributed by atoms with Gasteiger partial charge in [-0.05, 0) is 67.4 Å². The van der Waals surface area contributed by atoms with Crippen LogP contribution >= 0.6 is 0 Å². The van der Waals surface area contributed by atoms with Gasteiger partial charge in [0, 0.05) is 52.5 Å². The second kappa shape index (κ2) is 10.9. The molecule has 0 fully saturated rings. The zero-order valence-corrected chi connectivity index (χ0v) is 24.6. The molecule has 8 nitrogen and oxygen atoms in total. The van der Waals surface area contributed by atoms with Crippen LogP contribution in [0.25, 0.3) is 22.2 Å². The second-order valence-electron chi connectivity index (χ2n) is 11.8. The van der Waals surface area contributed by atoms with Crippen LogP contribution in [0, 0.1) is 12.7 Å². The SMILES string of the molecule is COc1cc(C(=O)CCC(O)(Cn2cccn2)c2cc3c(c(-c4ccc(F)c(C)c4)n2)OCC3(C)C)cc2cccnc12. The first-order valence-corrected chi connectivity index (χ1v) is 14.2. The van der Waals surface area contributed by atoms with Gasteiger partial charge in [-0.2, -0.15) is 5.10 Å². The van der Waals surface area contributed by atoms with Gasteiger partial charge in [-0.25, -0.2) is 9.37 Å². The van der Waals surface area contributed by atoms with Crippen molar-refractivity contribution >= 4 is 16.7 Å². The Hall–Kier alpha value is -4.63. The van der Waals surface area contributed by atoms with Crippen LogP contribution in [-0.2, 0) is 17.6 Å². The van der Waals surface area contributed by atoms with Crippen LogP contribution < -0.4 is 9.47 Å². The summed E-state index contributed by atoms with van der Waals surface area (Å²) in [5, 5.41) is 17.5. The Bertz CT molecular complexity index is 1840. The molecular formula is C34H33FN4O4. The quantitative estimate of drug-likeness (QED) is 0.208. The molecule has 1 unspecified atom stereocenters. The third-order valence-corrected chi connectivity index (χ3v) is 8.15. The maximum Gasteiger partial charge on any atom is 0.163 e. The van der Waals surface area contributed by atoms with Gasteiger partial charge < -0.3 is 14.6 Å². The Morgan fingerprint density at radius 3 is 2.74 bits per heavy atom. The third kappa shape index (κ3) is 5.36. The second-order valence-corrected chi connectivity index (χ2v) is 11.8. The molecule has 2 aromatic carbocycles. The molecule has 0 radical (unpaired) electrons. The number of halogens is 1. The van der Waals surface area contributed by atoms with Crippen LogP contribution in [-0.4, -0.2) is 44.4 Å². The lowest BCUT2D eigenvalue weighted by Crippen LogP contribution is -2.34. The molecule has 0 saturated heterocycles. The summed E-state index contributed by atoms with van der Waals surface area (Å²) < 4.78 is 27.5. The number of ketones is 1. The van der Waals surface area contributed by atoms with Gasteiger partial charge in [-0.3, -0.25) is 14.5 Å². The molecule has 9 heteroatoms. The smallest absolute Gasteiger partial charge is 0.163 e. The van der Waals surface area contributed by atoms with Gasteiger partial charge in [0.05, 0.1) is 26.0 Å². The van der Waals surface area contributed by atoms with E-state index in [9.17, 15) is 14.3 Å². The summed E-state index contributed by atoms with van der Waals surface area (Å²) in [5.74, 6) is 0.666. The molecule has 3 aromatic heterocycles. The van der Waals surface area contributed by atoms with Gasteiger partial charge in [-0.1, -0.05) is 19.9 Å². The molecule has 0 spiro atoms. The predicted molar refractivity (Wildman–Crippen MR) is 161 cm³/mol. The van der Waals surface area contributed by atoms with Crippen molar-refractivity contribution in [1.29, 1.82) is 0 Å². The predicted octanol–water partition coefficient (Wildman–Crippen LogP) is 6.17. The largest absolute Gasteiger partial charge is 0.494 e. The molecule has 1 N–H and O–H groups in total. The first-order valence-electron chi connectivity index (χ1n) is 14.2. The molecule has 1 aliphatic rings. The van der Waals surface area contributed by atoms with E-state index in [4.69, 9.17) is 14.5 Å². The summed E-state index contributed by atoms with van der Waals surface area (Å²) in [4.78, 5) is 22.9. The Balaban J connectivity index is 1.42. The molecule has 220 valence electrons. The van der Waals surface area contributed by atoms with Crippen LogP contribution in [0.5, 0.6) is 11.5 Å². The number of benzene rings is 2. The maximum atomic E-state index is 14.2. The lowest BCUT2D eigenvalue weighted by molar-refractivity contribution is 0.00107. The lowest BCUT2D eigenvalue weighted by Gasteiger charge is -2.29. The van der Waals surface area contributed by atoms with Crippen LogP contribution in [0.1, 0.15) is 53.9 Å². The molecule has 0 aliphatic carbocycles. The molecular weight excluding hydrogens is 547 g/mol. The van der Waals surface area contributed by atoms with E-state index in [-0.39, 0.29) is 36.4 Å². The van der Waals surface area contributed by atoms with Crippen molar-refractivity contribution in [1.82, 2.24) is 19.7 Å². The topological polar surface area (TPSA) is 99.4 Å². The summed E-state index contributed by atoms with van der Waals surface area (Å²) in [6.45, 7) is 6.36. The number of ether oxygens (including phenoxy) is 2. The molecule has 4 heterocycles. The van der Waals surface area contributed by atoms with Crippen molar-refractivity contribution in [3.8, 4) is 22.8 Å². The molecule has 0 saturated carbocycles. The average Bonchev–Trinajstić information content (AvgIpc) is 3.63. The van der Waals surface area contributed by atoms with E-state index in [0.29, 0.717) is 51.7 Å². The van der Waals surface area contributed by atoms with E-state index in [0.717, 1.165) is 10.9 Å². The normalized spacial score (nSPS) is 15.1. The van der Waals surface area contributed by atoms with Crippen molar-refractivity contribution in [3.05, 3.63) is 101 Å². The molecule has 0 bridgehead atoms. The lowest BCUT2D eigenvalue weighted by atomic mass is 9.83. The Morgan fingerprint density at radius 2 is 2.00 bits per heavy atom. The highest BCUT2D eigenvalue weighted by molar-refractivity contribution is 6.01. The number of Topliss-reactive ketones (excluding diaryl/α,β-unsaturated/α-hetero) is 1. The van der Waals surface area contributed by atoms with Gasteiger partial charge in [0.25, 0.3) is 0 Å². The number of carbonyl (C=O) groups is 1. The van der Waals surface area contributed by atoms with E-state index >= 15 is 0 Å². The summed E-state index contributed by atoms with van der Waals surface area (Å²) in [7, 11) is 1.55. The minimum atomic E-state index is -1.57. The van der Waals surface area contributed by atoms with Crippen molar-refractivity contribution in [2.24, 2.45) is 0 Å². The van der Waals surface area contributed by atoms with Crippen molar-refractivity contribution in [2.75, 3.05) is 13.7 Å². The highest BCUT2D eigenvalue weighted by atomic mass is 19.1. The first kappa shape index (κ1) is 28.5.